The molecule has 236 valence electrons. The fraction of sp³-hybridized carbons (Fsp3) is 0.594. The normalized spacial score (nSPS) is 19.9. The number of rotatable bonds is 6. The minimum Gasteiger partial charge on any atom is -0.444 e. The second kappa shape index (κ2) is 12.7. The van der Waals surface area contributed by atoms with Crippen molar-refractivity contribution in [1.29, 1.82) is 0 Å². The van der Waals surface area contributed by atoms with Gasteiger partial charge in [0.2, 0.25) is 0 Å². The summed E-state index contributed by atoms with van der Waals surface area (Å²) in [6.45, 7) is 14.6. The lowest BCUT2D eigenvalue weighted by atomic mass is 9.93. The van der Waals surface area contributed by atoms with E-state index in [2.05, 4.69) is 29.9 Å². The van der Waals surface area contributed by atoms with Crippen LogP contribution in [0.15, 0.2) is 36.5 Å². The highest BCUT2D eigenvalue weighted by molar-refractivity contribution is 5.94. The predicted octanol–water partition coefficient (Wildman–Crippen LogP) is 4.77. The van der Waals surface area contributed by atoms with Crippen LogP contribution < -0.4 is 4.90 Å². The molecule has 0 atom stereocenters. The second-order valence-corrected chi connectivity index (χ2v) is 13.4. The van der Waals surface area contributed by atoms with Crippen molar-refractivity contribution >= 4 is 28.5 Å². The Morgan fingerprint density at radius 1 is 1.00 bits per heavy atom. The van der Waals surface area contributed by atoms with E-state index in [0.29, 0.717) is 11.7 Å². The van der Waals surface area contributed by atoms with Gasteiger partial charge >= 0.3 is 6.09 Å². The van der Waals surface area contributed by atoms with E-state index in [0.717, 1.165) is 99.9 Å². The van der Waals surface area contributed by atoms with Gasteiger partial charge in [0.15, 0.2) is 0 Å². The van der Waals surface area contributed by atoms with Crippen molar-refractivity contribution in [1.82, 2.24) is 29.9 Å². The van der Waals surface area contributed by atoms with Gasteiger partial charge in [-0.3, -0.25) is 20.1 Å². The fourth-order valence-electron chi connectivity index (χ4n) is 6.84. The number of carbonyl (C=O) groups is 1. The molecule has 0 bridgehead atoms. The molecule has 0 aliphatic carbocycles. The maximum absolute atomic E-state index is 12.4. The summed E-state index contributed by atoms with van der Waals surface area (Å²) in [6, 6.07) is 9.28. The number of non-ortho nitro benzene ring substituents is 1. The van der Waals surface area contributed by atoms with Crippen LogP contribution >= 0.6 is 0 Å². The predicted molar refractivity (Wildman–Crippen MR) is 170 cm³/mol. The molecule has 3 aromatic rings. The Morgan fingerprint density at radius 3 is 2.41 bits per heavy atom. The number of carbonyl (C=O) groups excluding carboxylic acids is 1. The fourth-order valence-corrected chi connectivity index (χ4v) is 6.84. The number of hydrogen-bond acceptors (Lipinski definition) is 9. The number of likely N-dealkylation sites (tertiary alicyclic amines) is 2. The van der Waals surface area contributed by atoms with Crippen LogP contribution in [0.25, 0.3) is 22.2 Å². The first-order valence-electron chi connectivity index (χ1n) is 15.9. The lowest BCUT2D eigenvalue weighted by Crippen LogP contribution is -2.51. The number of amides is 1. The molecule has 12 nitrogen and oxygen atoms in total. The van der Waals surface area contributed by atoms with E-state index in [1.165, 1.54) is 18.9 Å². The Labute approximate surface area is 258 Å². The zero-order valence-electron chi connectivity index (χ0n) is 26.1. The molecule has 1 aromatic carbocycles. The zero-order valence-corrected chi connectivity index (χ0v) is 26.1. The summed E-state index contributed by atoms with van der Waals surface area (Å²) < 4.78 is 5.56. The minimum atomic E-state index is -0.449. The first kappa shape index (κ1) is 30.3. The first-order valence-corrected chi connectivity index (χ1v) is 15.9. The van der Waals surface area contributed by atoms with Gasteiger partial charge in [-0.25, -0.2) is 9.78 Å². The quantitative estimate of drug-likeness (QED) is 0.313. The number of nitro groups is 1. The number of nitro benzene ring substituents is 1. The summed E-state index contributed by atoms with van der Waals surface area (Å²) in [6.07, 6.45) is 6.12. The summed E-state index contributed by atoms with van der Waals surface area (Å²) in [4.78, 5) is 37.4. The van der Waals surface area contributed by atoms with Crippen molar-refractivity contribution in [3.05, 3.63) is 46.6 Å². The molecule has 3 aliphatic heterocycles. The number of nitrogens with one attached hydrogen (secondary N) is 1. The SMILES string of the molecule is CC(C)(C)OC(=O)N1CCC(N2CCC(CN3CCN(c4cc(-c5n[nH]c6ccc([N+](=O)[O-])cc56)ccn4)CC3)CC2)CC1. The van der Waals surface area contributed by atoms with Gasteiger partial charge in [-0.2, -0.15) is 5.10 Å². The number of hydrogen-bond donors (Lipinski definition) is 1. The van der Waals surface area contributed by atoms with Gasteiger partial charge in [-0.1, -0.05) is 0 Å². The highest BCUT2D eigenvalue weighted by Crippen LogP contribution is 2.31. The Bertz CT molecular complexity index is 1460. The molecule has 2 aromatic heterocycles. The number of nitrogens with zero attached hydrogens (tertiary/aromatic N) is 7. The average Bonchev–Trinajstić information content (AvgIpc) is 3.45. The van der Waals surface area contributed by atoms with E-state index in [4.69, 9.17) is 4.74 Å². The molecule has 0 unspecified atom stereocenters. The van der Waals surface area contributed by atoms with E-state index >= 15 is 0 Å². The van der Waals surface area contributed by atoms with Crippen LogP contribution in [0.3, 0.4) is 0 Å². The van der Waals surface area contributed by atoms with Crippen LogP contribution in [0.4, 0.5) is 16.3 Å². The largest absolute Gasteiger partial charge is 0.444 e. The number of pyridine rings is 1. The Hall–Kier alpha value is -3.77. The summed E-state index contributed by atoms with van der Waals surface area (Å²) >= 11 is 0. The number of ether oxygens (including phenoxy) is 1. The van der Waals surface area contributed by atoms with Crippen molar-refractivity contribution in [3.8, 4) is 11.3 Å². The molecule has 1 N–H and O–H groups in total. The molecule has 12 heteroatoms. The number of anilines is 1. The summed E-state index contributed by atoms with van der Waals surface area (Å²) in [5.74, 6) is 1.63. The van der Waals surface area contributed by atoms with E-state index in [-0.39, 0.29) is 16.7 Å². The first-order chi connectivity index (χ1) is 21.1. The maximum Gasteiger partial charge on any atom is 0.410 e. The Kier molecular flexibility index (Phi) is 8.73. The molecular weight excluding hydrogens is 560 g/mol. The molecule has 3 aliphatic rings. The van der Waals surface area contributed by atoms with Crippen molar-refractivity contribution in [2.45, 2.75) is 58.1 Å². The Morgan fingerprint density at radius 2 is 1.73 bits per heavy atom. The van der Waals surface area contributed by atoms with Crippen LogP contribution in [0, 0.1) is 16.0 Å². The standard InChI is InChI=1S/C32H44N8O4/c1-32(2,3)44-31(41)39-14-9-25(10-15-39)37-12-7-23(8-13-37)22-36-16-18-38(19-17-36)29-20-24(6-11-33-29)30-27-21-26(40(42)43)4-5-28(27)34-35-30/h4-6,11,20-21,23,25H,7-10,12-19,22H2,1-3H3,(H,34,35). The van der Waals surface area contributed by atoms with Crippen LogP contribution in [-0.4, -0.2) is 111 Å². The third-order valence-corrected chi connectivity index (χ3v) is 9.27. The van der Waals surface area contributed by atoms with Crippen molar-refractivity contribution in [2.24, 2.45) is 5.92 Å². The molecule has 0 spiro atoms. The van der Waals surface area contributed by atoms with E-state index in [1.54, 1.807) is 18.3 Å². The maximum atomic E-state index is 12.4. The Balaban J connectivity index is 0.962. The van der Waals surface area contributed by atoms with Gasteiger partial charge in [0.1, 0.15) is 17.1 Å². The summed E-state index contributed by atoms with van der Waals surface area (Å²) in [5, 5.41) is 19.5. The van der Waals surface area contributed by atoms with Crippen molar-refractivity contribution < 1.29 is 14.5 Å². The van der Waals surface area contributed by atoms with E-state index in [9.17, 15) is 14.9 Å². The zero-order chi connectivity index (χ0) is 30.8. The highest BCUT2D eigenvalue weighted by atomic mass is 16.6. The smallest absolute Gasteiger partial charge is 0.410 e. The van der Waals surface area contributed by atoms with E-state index in [1.807, 2.05) is 37.8 Å². The number of aromatic amines is 1. The average molecular weight is 605 g/mol. The van der Waals surface area contributed by atoms with Crippen LogP contribution in [0.2, 0.25) is 0 Å². The molecule has 44 heavy (non-hydrogen) atoms. The monoisotopic (exact) mass is 604 g/mol. The van der Waals surface area contributed by atoms with Gasteiger partial charge in [0.25, 0.3) is 5.69 Å². The number of H-pyrrole nitrogens is 1. The van der Waals surface area contributed by atoms with E-state index < -0.39 is 5.60 Å². The molecule has 5 heterocycles. The molecule has 3 fully saturated rings. The molecule has 0 radical (unpaired) electrons. The molecule has 1 amide bonds. The third kappa shape index (κ3) is 6.96. The van der Waals surface area contributed by atoms with Gasteiger partial charge in [-0.15, -0.1) is 0 Å². The summed E-state index contributed by atoms with van der Waals surface area (Å²) in [5.41, 5.74) is 1.97. The summed E-state index contributed by atoms with van der Waals surface area (Å²) in [7, 11) is 0. The minimum absolute atomic E-state index is 0.0526. The van der Waals surface area contributed by atoms with Gasteiger partial charge in [-0.05, 0) is 83.7 Å². The molecular formula is C32H44N8O4. The van der Waals surface area contributed by atoms with Crippen molar-refractivity contribution in [3.63, 3.8) is 0 Å². The third-order valence-electron chi connectivity index (χ3n) is 9.27. The molecule has 0 saturated carbocycles. The van der Waals surface area contributed by atoms with Crippen molar-refractivity contribution in [2.75, 3.05) is 63.8 Å². The van der Waals surface area contributed by atoms with Gasteiger partial charge < -0.3 is 19.4 Å². The number of benzene rings is 1. The number of fused-ring (bicyclic) bond motifs is 1. The topological polar surface area (TPSA) is 124 Å². The van der Waals surface area contributed by atoms with Gasteiger partial charge in [0.05, 0.1) is 10.4 Å². The van der Waals surface area contributed by atoms with Crippen LogP contribution in [0.5, 0.6) is 0 Å². The lowest BCUT2D eigenvalue weighted by Gasteiger charge is -2.43. The lowest BCUT2D eigenvalue weighted by molar-refractivity contribution is -0.384. The van der Waals surface area contributed by atoms with Crippen LogP contribution in [-0.2, 0) is 4.74 Å². The second-order valence-electron chi connectivity index (χ2n) is 13.4. The number of piperidine rings is 2. The highest BCUT2D eigenvalue weighted by Gasteiger charge is 2.32. The molecule has 6 rings (SSSR count). The van der Waals surface area contributed by atoms with Gasteiger partial charge in [0, 0.05) is 81.1 Å². The van der Waals surface area contributed by atoms with Crippen LogP contribution in [0.1, 0.15) is 46.5 Å². The molecule has 3 saturated heterocycles. The number of piperazine rings is 1. The number of aromatic nitrogens is 3.